The van der Waals surface area contributed by atoms with E-state index in [-0.39, 0.29) is 12.3 Å². The topological polar surface area (TPSA) is 88.5 Å². The summed E-state index contributed by atoms with van der Waals surface area (Å²) in [5.41, 5.74) is 0.819. The quantitative estimate of drug-likeness (QED) is 0.492. The number of halogens is 1. The highest BCUT2D eigenvalue weighted by Crippen LogP contribution is 2.40. The Balaban J connectivity index is 1.81. The lowest BCUT2D eigenvalue weighted by Crippen LogP contribution is -2.39. The Morgan fingerprint density at radius 2 is 1.80 bits per heavy atom. The lowest BCUT2D eigenvalue weighted by atomic mass is 9.98. The standard InChI is InChI=1S/C21H18BrN3O5/c1-3-30-21(28)17-16-18(25(23-17)13-10-8-12(22)9-11-13)20(27)24(19(16)26)14-6-4-5-7-15(14)29-2/h4-11,16,18H,3H2,1-2H3/t16-,18-/m0/s1. The largest absolute Gasteiger partial charge is 0.495 e. The maximum Gasteiger partial charge on any atom is 0.355 e. The lowest BCUT2D eigenvalue weighted by molar-refractivity contribution is -0.136. The zero-order chi connectivity index (χ0) is 21.4. The molecule has 0 saturated carbocycles. The molecule has 0 spiro atoms. The summed E-state index contributed by atoms with van der Waals surface area (Å²) >= 11 is 3.37. The van der Waals surface area contributed by atoms with Gasteiger partial charge in [0.05, 0.1) is 25.1 Å². The fourth-order valence-corrected chi connectivity index (χ4v) is 3.91. The summed E-state index contributed by atoms with van der Waals surface area (Å²) in [5.74, 6) is -2.43. The Hall–Kier alpha value is -3.20. The Kier molecular flexibility index (Phi) is 5.29. The van der Waals surface area contributed by atoms with Crippen molar-refractivity contribution >= 4 is 50.8 Å². The first-order valence-corrected chi connectivity index (χ1v) is 10.1. The van der Waals surface area contributed by atoms with Crippen molar-refractivity contribution in [3.05, 3.63) is 53.0 Å². The number of esters is 1. The van der Waals surface area contributed by atoms with Gasteiger partial charge in [-0.2, -0.15) is 5.10 Å². The first-order chi connectivity index (χ1) is 14.5. The molecule has 0 aliphatic carbocycles. The molecular weight excluding hydrogens is 454 g/mol. The minimum absolute atomic E-state index is 0.0829. The second kappa shape index (κ2) is 7.91. The first-order valence-electron chi connectivity index (χ1n) is 9.29. The number of methoxy groups -OCH3 is 1. The van der Waals surface area contributed by atoms with Gasteiger partial charge in [-0.25, -0.2) is 9.69 Å². The van der Waals surface area contributed by atoms with Crippen LogP contribution in [0.2, 0.25) is 0 Å². The molecule has 2 heterocycles. The molecule has 9 heteroatoms. The van der Waals surface area contributed by atoms with E-state index < -0.39 is 29.7 Å². The number of benzene rings is 2. The highest BCUT2D eigenvalue weighted by molar-refractivity contribution is 9.10. The van der Waals surface area contributed by atoms with Gasteiger partial charge in [0.1, 0.15) is 17.7 Å². The number of para-hydroxylation sites is 2. The Bertz CT molecular complexity index is 1050. The van der Waals surface area contributed by atoms with Crippen LogP contribution in [-0.4, -0.2) is 43.3 Å². The van der Waals surface area contributed by atoms with Crippen LogP contribution in [0.1, 0.15) is 6.92 Å². The minimum atomic E-state index is -1.06. The summed E-state index contributed by atoms with van der Waals surface area (Å²) in [7, 11) is 1.46. The summed E-state index contributed by atoms with van der Waals surface area (Å²) in [5, 5.41) is 5.74. The third-order valence-electron chi connectivity index (χ3n) is 4.95. The molecule has 30 heavy (non-hydrogen) atoms. The Morgan fingerprint density at radius 1 is 1.10 bits per heavy atom. The fraction of sp³-hybridized carbons (Fsp3) is 0.238. The number of ether oxygens (including phenoxy) is 2. The number of carbonyl (C=O) groups is 3. The number of carbonyl (C=O) groups excluding carboxylic acids is 3. The van der Waals surface area contributed by atoms with Gasteiger partial charge in [0.15, 0.2) is 5.71 Å². The SMILES string of the molecule is CCOC(=O)C1=NN(c2ccc(Br)cc2)[C@@H]2C(=O)N(c3ccccc3OC)C(=O)[C@@H]12. The number of anilines is 2. The van der Waals surface area contributed by atoms with Crippen molar-refractivity contribution in [3.63, 3.8) is 0 Å². The number of fused-ring (bicyclic) bond motifs is 1. The Labute approximate surface area is 181 Å². The van der Waals surface area contributed by atoms with E-state index in [9.17, 15) is 14.4 Å². The molecule has 2 aliphatic heterocycles. The molecule has 4 rings (SSSR count). The summed E-state index contributed by atoms with van der Waals surface area (Å²) in [4.78, 5) is 40.4. The van der Waals surface area contributed by atoms with E-state index in [1.165, 1.54) is 12.1 Å². The fourth-order valence-electron chi connectivity index (χ4n) is 3.65. The molecule has 2 aliphatic rings. The average molecular weight is 472 g/mol. The van der Waals surface area contributed by atoms with Gasteiger partial charge in [0.2, 0.25) is 5.91 Å². The van der Waals surface area contributed by atoms with E-state index in [0.29, 0.717) is 17.1 Å². The molecule has 2 atom stereocenters. The molecule has 1 saturated heterocycles. The zero-order valence-electron chi connectivity index (χ0n) is 16.2. The van der Waals surface area contributed by atoms with Crippen LogP contribution in [0, 0.1) is 5.92 Å². The molecule has 1 fully saturated rings. The van der Waals surface area contributed by atoms with Gasteiger partial charge in [-0.1, -0.05) is 28.1 Å². The van der Waals surface area contributed by atoms with Crippen LogP contribution in [0.25, 0.3) is 0 Å². The van der Waals surface area contributed by atoms with Gasteiger partial charge in [-0.05, 0) is 43.3 Å². The molecular formula is C21H18BrN3O5. The van der Waals surface area contributed by atoms with E-state index in [4.69, 9.17) is 9.47 Å². The van der Waals surface area contributed by atoms with Gasteiger partial charge < -0.3 is 9.47 Å². The molecule has 2 aromatic rings. The van der Waals surface area contributed by atoms with Crippen molar-refractivity contribution in [2.24, 2.45) is 11.0 Å². The maximum absolute atomic E-state index is 13.4. The molecule has 0 N–H and O–H groups in total. The zero-order valence-corrected chi connectivity index (χ0v) is 17.8. The van der Waals surface area contributed by atoms with Crippen molar-refractivity contribution in [1.82, 2.24) is 0 Å². The first kappa shape index (κ1) is 20.1. The van der Waals surface area contributed by atoms with Crippen LogP contribution in [0.3, 0.4) is 0 Å². The van der Waals surface area contributed by atoms with E-state index in [2.05, 4.69) is 21.0 Å². The Morgan fingerprint density at radius 3 is 2.47 bits per heavy atom. The predicted octanol–water partition coefficient (Wildman–Crippen LogP) is 2.76. The molecule has 0 aromatic heterocycles. The molecule has 2 amide bonds. The summed E-state index contributed by atoms with van der Waals surface area (Å²) in [6.45, 7) is 1.80. The average Bonchev–Trinajstić information content (AvgIpc) is 3.26. The number of imide groups is 1. The summed E-state index contributed by atoms with van der Waals surface area (Å²) in [6, 6.07) is 12.8. The van der Waals surface area contributed by atoms with Crippen LogP contribution in [0.4, 0.5) is 11.4 Å². The molecule has 0 unspecified atom stereocenters. The third-order valence-corrected chi connectivity index (χ3v) is 5.48. The molecule has 0 radical (unpaired) electrons. The van der Waals surface area contributed by atoms with E-state index in [1.807, 2.05) is 0 Å². The van der Waals surface area contributed by atoms with Crippen molar-refractivity contribution in [2.45, 2.75) is 13.0 Å². The van der Waals surface area contributed by atoms with Gasteiger partial charge >= 0.3 is 5.97 Å². The second-order valence-electron chi connectivity index (χ2n) is 6.63. The monoisotopic (exact) mass is 471 g/mol. The van der Waals surface area contributed by atoms with Crippen molar-refractivity contribution in [2.75, 3.05) is 23.6 Å². The highest BCUT2D eigenvalue weighted by Gasteiger charge is 2.59. The summed E-state index contributed by atoms with van der Waals surface area (Å²) in [6.07, 6.45) is 0. The highest BCUT2D eigenvalue weighted by atomic mass is 79.9. The van der Waals surface area contributed by atoms with Gasteiger partial charge in [0.25, 0.3) is 5.91 Å². The number of amides is 2. The summed E-state index contributed by atoms with van der Waals surface area (Å²) < 4.78 is 11.3. The van der Waals surface area contributed by atoms with Crippen LogP contribution in [0.5, 0.6) is 5.75 Å². The van der Waals surface area contributed by atoms with E-state index in [1.54, 1.807) is 55.5 Å². The van der Waals surface area contributed by atoms with Crippen LogP contribution in [0.15, 0.2) is 58.1 Å². The van der Waals surface area contributed by atoms with Crippen molar-refractivity contribution in [1.29, 1.82) is 0 Å². The molecule has 2 aromatic carbocycles. The van der Waals surface area contributed by atoms with Gasteiger partial charge in [0, 0.05) is 4.47 Å². The number of rotatable bonds is 5. The number of hydrogen-bond donors (Lipinski definition) is 0. The number of hydrogen-bond acceptors (Lipinski definition) is 7. The van der Waals surface area contributed by atoms with E-state index in [0.717, 1.165) is 9.37 Å². The smallest absolute Gasteiger partial charge is 0.355 e. The molecule has 0 bridgehead atoms. The van der Waals surface area contributed by atoms with Gasteiger partial charge in [-0.3, -0.25) is 14.6 Å². The normalized spacial score (nSPS) is 20.3. The second-order valence-corrected chi connectivity index (χ2v) is 7.55. The third kappa shape index (κ3) is 3.15. The maximum atomic E-state index is 13.4. The van der Waals surface area contributed by atoms with E-state index >= 15 is 0 Å². The van der Waals surface area contributed by atoms with Gasteiger partial charge in [-0.15, -0.1) is 0 Å². The number of hydrazone groups is 1. The van der Waals surface area contributed by atoms with Crippen LogP contribution >= 0.6 is 15.9 Å². The minimum Gasteiger partial charge on any atom is -0.495 e. The number of nitrogens with zero attached hydrogens (tertiary/aromatic N) is 3. The van der Waals surface area contributed by atoms with Crippen LogP contribution in [-0.2, 0) is 19.1 Å². The molecule has 154 valence electrons. The van der Waals surface area contributed by atoms with Crippen molar-refractivity contribution < 1.29 is 23.9 Å². The van der Waals surface area contributed by atoms with Crippen molar-refractivity contribution in [3.8, 4) is 5.75 Å². The predicted molar refractivity (Wildman–Crippen MR) is 113 cm³/mol. The lowest BCUT2D eigenvalue weighted by Gasteiger charge is -2.22. The molecule has 8 nitrogen and oxygen atoms in total. The van der Waals surface area contributed by atoms with Crippen LogP contribution < -0.4 is 14.6 Å².